The molecule has 1 aromatic heterocycles. The number of imide groups is 1. The van der Waals surface area contributed by atoms with Crippen LogP contribution in [0.1, 0.15) is 41.2 Å². The molecular weight excluding hydrogens is 438 g/mol. The van der Waals surface area contributed by atoms with Crippen molar-refractivity contribution in [3.05, 3.63) is 40.5 Å². The minimum Gasteiger partial charge on any atom is -0.323 e. The summed E-state index contributed by atoms with van der Waals surface area (Å²) in [6.45, 7) is 0.961. The summed E-state index contributed by atoms with van der Waals surface area (Å²) in [5.41, 5.74) is -0.840. The molecular formula is C20H17F4N3O3S. The molecule has 2 heterocycles. The van der Waals surface area contributed by atoms with Crippen molar-refractivity contribution >= 4 is 29.1 Å². The number of amides is 3. The third-order valence-corrected chi connectivity index (χ3v) is 6.79. The number of nitrogens with one attached hydrogen (secondary N) is 1. The lowest BCUT2D eigenvalue weighted by atomic mass is 9.80. The van der Waals surface area contributed by atoms with Crippen LogP contribution in [-0.2, 0) is 4.79 Å². The Kier molecular flexibility index (Phi) is 5.11. The predicted molar refractivity (Wildman–Crippen MR) is 103 cm³/mol. The lowest BCUT2D eigenvalue weighted by Crippen LogP contribution is -2.51. The van der Waals surface area contributed by atoms with Crippen LogP contribution < -0.4 is 5.32 Å². The number of carbonyl (C=O) groups is 3. The van der Waals surface area contributed by atoms with Crippen molar-refractivity contribution in [2.45, 2.75) is 44.1 Å². The maximum absolute atomic E-state index is 13.5. The van der Waals surface area contributed by atoms with Gasteiger partial charge < -0.3 is 5.32 Å². The molecule has 11 heteroatoms. The molecule has 4 rings (SSSR count). The second kappa shape index (κ2) is 7.40. The van der Waals surface area contributed by atoms with Gasteiger partial charge in [0.05, 0.1) is 17.1 Å². The Labute approximate surface area is 178 Å². The first kappa shape index (κ1) is 21.4. The molecule has 0 bridgehead atoms. The number of carbonyl (C=O) groups excluding carboxylic acids is 3. The number of hydrogen-bond donors (Lipinski definition) is 1. The first-order valence-electron chi connectivity index (χ1n) is 9.49. The molecule has 1 aliphatic carbocycles. The summed E-state index contributed by atoms with van der Waals surface area (Å²) in [6.07, 6.45) is -1.47. The van der Waals surface area contributed by atoms with E-state index in [-0.39, 0.29) is 23.4 Å². The van der Waals surface area contributed by atoms with Crippen LogP contribution in [0, 0.1) is 18.6 Å². The average Bonchev–Trinajstić information content (AvgIpc) is 3.17. The van der Waals surface area contributed by atoms with Gasteiger partial charge in [-0.05, 0) is 37.5 Å². The number of halogens is 4. The van der Waals surface area contributed by atoms with Gasteiger partial charge in [-0.15, -0.1) is 11.3 Å². The monoisotopic (exact) mass is 455 g/mol. The van der Waals surface area contributed by atoms with E-state index in [1.165, 1.54) is 0 Å². The zero-order valence-electron chi connectivity index (χ0n) is 16.3. The predicted octanol–water partition coefficient (Wildman–Crippen LogP) is 4.08. The number of urea groups is 1. The molecule has 2 aromatic rings. The van der Waals surface area contributed by atoms with Gasteiger partial charge in [-0.25, -0.2) is 27.3 Å². The Hall–Kier alpha value is -2.82. The number of aromatic nitrogens is 1. The van der Waals surface area contributed by atoms with Crippen LogP contribution in [0.4, 0.5) is 22.4 Å². The highest BCUT2D eigenvalue weighted by molar-refractivity contribution is 7.17. The van der Waals surface area contributed by atoms with E-state index in [2.05, 4.69) is 10.3 Å². The number of hydrogen-bond acceptors (Lipinski definition) is 5. The fourth-order valence-corrected chi connectivity index (χ4v) is 4.86. The number of benzene rings is 1. The Bertz CT molecular complexity index is 1070. The molecule has 1 saturated heterocycles. The van der Waals surface area contributed by atoms with E-state index in [0.717, 1.165) is 29.5 Å². The molecule has 0 unspecified atom stereocenters. The molecule has 164 valence electrons. The second-order valence-electron chi connectivity index (χ2n) is 7.77. The fraction of sp³-hybridized carbons (Fsp3) is 0.400. The van der Waals surface area contributed by atoms with Crippen molar-refractivity contribution < 1.29 is 31.9 Å². The average molecular weight is 455 g/mol. The molecule has 31 heavy (non-hydrogen) atoms. The number of aryl methyl sites for hydroxylation is 1. The van der Waals surface area contributed by atoms with Crippen LogP contribution in [0.25, 0.3) is 10.4 Å². The van der Waals surface area contributed by atoms with E-state index in [4.69, 9.17) is 0 Å². The third kappa shape index (κ3) is 3.93. The number of nitrogens with zero attached hydrogens (tertiary/aromatic N) is 2. The van der Waals surface area contributed by atoms with E-state index in [9.17, 15) is 31.9 Å². The number of Topliss-reactive ketones (excluding diaryl/α,β-unsaturated/α-hetero) is 1. The van der Waals surface area contributed by atoms with Crippen molar-refractivity contribution in [2.24, 2.45) is 0 Å². The summed E-state index contributed by atoms with van der Waals surface area (Å²) in [5.74, 6) is -5.79. The minimum atomic E-state index is -2.88. The van der Waals surface area contributed by atoms with Crippen LogP contribution >= 0.6 is 11.3 Å². The highest BCUT2D eigenvalue weighted by Crippen LogP contribution is 2.41. The first-order valence-corrected chi connectivity index (χ1v) is 10.3. The maximum atomic E-state index is 13.5. The highest BCUT2D eigenvalue weighted by Gasteiger charge is 2.55. The van der Waals surface area contributed by atoms with Gasteiger partial charge >= 0.3 is 6.03 Å². The molecule has 1 aliphatic heterocycles. The normalized spacial score (nSPS) is 19.7. The molecule has 3 amide bonds. The van der Waals surface area contributed by atoms with E-state index in [1.54, 1.807) is 6.92 Å². The van der Waals surface area contributed by atoms with Gasteiger partial charge in [0.25, 0.3) is 5.91 Å². The van der Waals surface area contributed by atoms with Gasteiger partial charge in [-0.1, -0.05) is 0 Å². The van der Waals surface area contributed by atoms with E-state index in [1.807, 2.05) is 0 Å². The fourth-order valence-electron chi connectivity index (χ4n) is 3.88. The van der Waals surface area contributed by atoms with Crippen LogP contribution in [0.2, 0.25) is 0 Å². The van der Waals surface area contributed by atoms with Crippen molar-refractivity contribution in [3.63, 3.8) is 0 Å². The molecule has 1 aromatic carbocycles. The number of rotatable bonds is 4. The first-order chi connectivity index (χ1) is 14.5. The summed E-state index contributed by atoms with van der Waals surface area (Å²) in [7, 11) is 0. The SMILES string of the molecule is Cc1nc(C(=O)CN2C(=O)NC3(CCC(F)(F)CC3)C2=O)sc1-c1cc(F)cc(F)c1. The van der Waals surface area contributed by atoms with Gasteiger partial charge in [-0.2, -0.15) is 0 Å². The Morgan fingerprint density at radius 2 is 1.74 bits per heavy atom. The number of alkyl halides is 2. The Balaban J connectivity index is 1.52. The van der Waals surface area contributed by atoms with Crippen molar-refractivity contribution in [1.29, 1.82) is 0 Å². The van der Waals surface area contributed by atoms with Crippen molar-refractivity contribution in [1.82, 2.24) is 15.2 Å². The standard InChI is InChI=1S/C20H17F4N3O3S/c1-10-15(11-6-12(21)8-13(22)7-11)31-16(25-10)14(28)9-27-17(29)19(26-18(27)30)2-4-20(23,24)5-3-19/h6-8H,2-5,9H2,1H3,(H,26,30). The summed E-state index contributed by atoms with van der Waals surface area (Å²) < 4.78 is 54.0. The van der Waals surface area contributed by atoms with Gasteiger partial charge in [0.1, 0.15) is 17.2 Å². The van der Waals surface area contributed by atoms with Crippen LogP contribution in [-0.4, -0.2) is 45.6 Å². The lowest BCUT2D eigenvalue weighted by molar-refractivity contribution is -0.135. The van der Waals surface area contributed by atoms with Crippen LogP contribution in [0.5, 0.6) is 0 Å². The zero-order valence-corrected chi connectivity index (χ0v) is 17.1. The third-order valence-electron chi connectivity index (χ3n) is 5.54. The number of thiazole rings is 1. The van der Waals surface area contributed by atoms with E-state index < -0.39 is 60.2 Å². The molecule has 6 nitrogen and oxygen atoms in total. The van der Waals surface area contributed by atoms with E-state index >= 15 is 0 Å². The van der Waals surface area contributed by atoms with Gasteiger partial charge in [0.15, 0.2) is 5.01 Å². The van der Waals surface area contributed by atoms with Crippen LogP contribution in [0.15, 0.2) is 18.2 Å². The molecule has 1 spiro atoms. The smallest absolute Gasteiger partial charge is 0.323 e. The zero-order chi connectivity index (χ0) is 22.6. The Morgan fingerprint density at radius 1 is 1.13 bits per heavy atom. The lowest BCUT2D eigenvalue weighted by Gasteiger charge is -2.34. The maximum Gasteiger partial charge on any atom is 0.325 e. The van der Waals surface area contributed by atoms with E-state index in [0.29, 0.717) is 15.5 Å². The summed E-state index contributed by atoms with van der Waals surface area (Å²) in [6, 6.07) is 2.13. The van der Waals surface area contributed by atoms with Crippen molar-refractivity contribution in [2.75, 3.05) is 6.54 Å². The molecule has 0 atom stereocenters. The Morgan fingerprint density at radius 3 is 2.35 bits per heavy atom. The van der Waals surface area contributed by atoms with Gasteiger partial charge in [0, 0.05) is 18.9 Å². The van der Waals surface area contributed by atoms with Crippen LogP contribution in [0.3, 0.4) is 0 Å². The van der Waals surface area contributed by atoms with Gasteiger partial charge in [0.2, 0.25) is 11.7 Å². The molecule has 1 saturated carbocycles. The molecule has 2 aliphatic rings. The topological polar surface area (TPSA) is 79.4 Å². The largest absolute Gasteiger partial charge is 0.325 e. The molecule has 1 N–H and O–H groups in total. The second-order valence-corrected chi connectivity index (χ2v) is 8.77. The summed E-state index contributed by atoms with van der Waals surface area (Å²) in [5, 5.41) is 2.44. The summed E-state index contributed by atoms with van der Waals surface area (Å²) >= 11 is 0.888. The number of ketones is 1. The van der Waals surface area contributed by atoms with Gasteiger partial charge in [-0.3, -0.25) is 14.5 Å². The van der Waals surface area contributed by atoms with Crippen molar-refractivity contribution in [3.8, 4) is 10.4 Å². The highest BCUT2D eigenvalue weighted by atomic mass is 32.1. The molecule has 0 radical (unpaired) electrons. The molecule has 2 fully saturated rings. The quantitative estimate of drug-likeness (QED) is 0.428. The minimum absolute atomic E-state index is 0.0334. The summed E-state index contributed by atoms with van der Waals surface area (Å²) in [4.78, 5) is 43.0.